The number of benzene rings is 2. The summed E-state index contributed by atoms with van der Waals surface area (Å²) in [5.74, 6) is 0. The first kappa shape index (κ1) is 13.3. The Bertz CT molecular complexity index is 831. The number of fused-ring (bicyclic) bond motifs is 1. The summed E-state index contributed by atoms with van der Waals surface area (Å²) in [7, 11) is 1.92. The minimum absolute atomic E-state index is 0.470. The second kappa shape index (κ2) is 5.74. The number of hydrogen-bond acceptors (Lipinski definition) is 3. The number of nitrogens with one attached hydrogen (secondary N) is 1. The van der Waals surface area contributed by atoms with Gasteiger partial charge in [-0.1, -0.05) is 42.5 Å². The monoisotopic (exact) mass is 273 g/mol. The fourth-order valence-corrected chi connectivity index (χ4v) is 2.53. The molecule has 1 heterocycles. The molecule has 0 radical (unpaired) electrons. The quantitative estimate of drug-likeness (QED) is 0.794. The molecule has 0 fully saturated rings. The van der Waals surface area contributed by atoms with E-state index in [0.717, 1.165) is 34.1 Å². The molecule has 0 aliphatic rings. The van der Waals surface area contributed by atoms with Crippen LogP contribution in [0.2, 0.25) is 0 Å². The highest BCUT2D eigenvalue weighted by molar-refractivity contribution is 5.86. The third-order valence-corrected chi connectivity index (χ3v) is 3.50. The van der Waals surface area contributed by atoms with Gasteiger partial charge in [-0.25, -0.2) is 4.98 Å². The Hall–Kier alpha value is -2.70. The van der Waals surface area contributed by atoms with Crippen LogP contribution < -0.4 is 5.32 Å². The Morgan fingerprint density at radius 2 is 1.81 bits per heavy atom. The second-order valence-electron chi connectivity index (χ2n) is 4.88. The Morgan fingerprint density at radius 1 is 1.05 bits per heavy atom. The van der Waals surface area contributed by atoms with Gasteiger partial charge in [-0.15, -0.1) is 0 Å². The molecule has 0 aliphatic carbocycles. The highest BCUT2D eigenvalue weighted by Crippen LogP contribution is 2.29. The largest absolute Gasteiger partial charge is 0.316 e. The maximum Gasteiger partial charge on any atom is 0.149 e. The van der Waals surface area contributed by atoms with E-state index in [1.807, 2.05) is 49.5 Å². The zero-order chi connectivity index (χ0) is 14.7. The van der Waals surface area contributed by atoms with E-state index in [2.05, 4.69) is 28.5 Å². The molecule has 2 aromatic carbocycles. The van der Waals surface area contributed by atoms with Crippen LogP contribution in [0.15, 0.2) is 54.6 Å². The number of rotatable bonds is 3. The van der Waals surface area contributed by atoms with Crippen LogP contribution in [-0.2, 0) is 6.54 Å². The van der Waals surface area contributed by atoms with Gasteiger partial charge in [0.05, 0.1) is 5.52 Å². The van der Waals surface area contributed by atoms with Gasteiger partial charge in [0.25, 0.3) is 0 Å². The number of para-hydroxylation sites is 1. The first-order valence-corrected chi connectivity index (χ1v) is 6.86. The van der Waals surface area contributed by atoms with Crippen molar-refractivity contribution in [1.82, 2.24) is 10.3 Å². The summed E-state index contributed by atoms with van der Waals surface area (Å²) in [6, 6.07) is 20.3. The molecule has 0 spiro atoms. The fourth-order valence-electron chi connectivity index (χ4n) is 2.53. The average molecular weight is 273 g/mol. The highest BCUT2D eigenvalue weighted by Gasteiger charge is 2.11. The van der Waals surface area contributed by atoms with Crippen molar-refractivity contribution in [1.29, 1.82) is 5.26 Å². The van der Waals surface area contributed by atoms with E-state index >= 15 is 0 Å². The lowest BCUT2D eigenvalue weighted by molar-refractivity contribution is 0.819. The van der Waals surface area contributed by atoms with Gasteiger partial charge >= 0.3 is 0 Å². The van der Waals surface area contributed by atoms with Crippen LogP contribution in [0.4, 0.5) is 0 Å². The summed E-state index contributed by atoms with van der Waals surface area (Å²) < 4.78 is 0. The molecule has 0 unspecified atom stereocenters. The van der Waals surface area contributed by atoms with E-state index in [-0.39, 0.29) is 0 Å². The van der Waals surface area contributed by atoms with Crippen molar-refractivity contribution in [2.24, 2.45) is 0 Å². The summed E-state index contributed by atoms with van der Waals surface area (Å²) in [6.07, 6.45) is 0. The lowest BCUT2D eigenvalue weighted by Gasteiger charge is -2.11. The molecule has 0 amide bonds. The van der Waals surface area contributed by atoms with E-state index in [9.17, 15) is 5.26 Å². The fraction of sp³-hybridized carbons (Fsp3) is 0.111. The molecule has 102 valence electrons. The van der Waals surface area contributed by atoms with Gasteiger partial charge in [-0.3, -0.25) is 0 Å². The van der Waals surface area contributed by atoms with Gasteiger partial charge in [0.1, 0.15) is 11.8 Å². The molecular weight excluding hydrogens is 258 g/mol. The zero-order valence-corrected chi connectivity index (χ0v) is 11.8. The topological polar surface area (TPSA) is 48.7 Å². The van der Waals surface area contributed by atoms with Gasteiger partial charge < -0.3 is 5.32 Å². The van der Waals surface area contributed by atoms with Crippen molar-refractivity contribution in [2.45, 2.75) is 6.54 Å². The van der Waals surface area contributed by atoms with Gasteiger partial charge in [0, 0.05) is 17.5 Å². The van der Waals surface area contributed by atoms with Crippen molar-refractivity contribution in [3.63, 3.8) is 0 Å². The Labute approximate surface area is 123 Å². The molecule has 0 saturated heterocycles. The summed E-state index contributed by atoms with van der Waals surface area (Å²) in [5, 5.41) is 13.6. The van der Waals surface area contributed by atoms with E-state index in [4.69, 9.17) is 0 Å². The second-order valence-corrected chi connectivity index (χ2v) is 4.88. The van der Waals surface area contributed by atoms with Crippen molar-refractivity contribution in [3.05, 3.63) is 65.9 Å². The minimum atomic E-state index is 0.470. The zero-order valence-electron chi connectivity index (χ0n) is 11.8. The lowest BCUT2D eigenvalue weighted by atomic mass is 9.97. The number of hydrogen-bond donors (Lipinski definition) is 1. The predicted octanol–water partition coefficient (Wildman–Crippen LogP) is 3.49. The standard InChI is InChI=1S/C18H15N3/c1-20-12-14-7-2-4-8-15(14)16-10-13-6-3-5-9-17(13)21-18(16)11-19/h2-10,20H,12H2,1H3. The molecule has 1 N–H and O–H groups in total. The lowest BCUT2D eigenvalue weighted by Crippen LogP contribution is -2.06. The molecule has 0 saturated carbocycles. The van der Waals surface area contributed by atoms with E-state index < -0.39 is 0 Å². The highest BCUT2D eigenvalue weighted by atomic mass is 14.8. The normalized spacial score (nSPS) is 10.5. The molecule has 3 heteroatoms. The van der Waals surface area contributed by atoms with Crippen LogP contribution >= 0.6 is 0 Å². The molecule has 3 aromatic rings. The van der Waals surface area contributed by atoms with Gasteiger partial charge in [0.15, 0.2) is 0 Å². The molecule has 1 aromatic heterocycles. The molecular formula is C18H15N3. The predicted molar refractivity (Wildman–Crippen MR) is 84.7 cm³/mol. The third kappa shape index (κ3) is 2.49. The van der Waals surface area contributed by atoms with Gasteiger partial charge in [-0.05, 0) is 30.3 Å². The number of nitrogens with zero attached hydrogens (tertiary/aromatic N) is 2. The average Bonchev–Trinajstić information content (AvgIpc) is 2.54. The van der Waals surface area contributed by atoms with E-state index in [1.165, 1.54) is 0 Å². The maximum atomic E-state index is 9.43. The summed E-state index contributed by atoms with van der Waals surface area (Å²) in [4.78, 5) is 4.49. The Kier molecular flexibility index (Phi) is 3.63. The molecule has 21 heavy (non-hydrogen) atoms. The molecule has 3 nitrogen and oxygen atoms in total. The SMILES string of the molecule is CNCc1ccccc1-c1cc2ccccc2nc1C#N. The first-order valence-electron chi connectivity index (χ1n) is 6.86. The maximum absolute atomic E-state index is 9.43. The van der Waals surface area contributed by atoms with Crippen molar-refractivity contribution >= 4 is 10.9 Å². The first-order chi connectivity index (χ1) is 10.3. The Balaban J connectivity index is 2.27. The van der Waals surface area contributed by atoms with Gasteiger partial charge in [-0.2, -0.15) is 5.26 Å². The van der Waals surface area contributed by atoms with Crippen LogP contribution in [0.1, 0.15) is 11.3 Å². The number of pyridine rings is 1. The van der Waals surface area contributed by atoms with Crippen molar-refractivity contribution in [3.8, 4) is 17.2 Å². The smallest absolute Gasteiger partial charge is 0.149 e. The summed E-state index contributed by atoms with van der Waals surface area (Å²) >= 11 is 0. The van der Waals surface area contributed by atoms with Crippen LogP contribution in [0.5, 0.6) is 0 Å². The van der Waals surface area contributed by atoms with Crippen LogP contribution in [0.3, 0.4) is 0 Å². The summed E-state index contributed by atoms with van der Waals surface area (Å²) in [5.41, 5.74) is 4.43. The Morgan fingerprint density at radius 3 is 2.62 bits per heavy atom. The van der Waals surface area contributed by atoms with E-state index in [0.29, 0.717) is 5.69 Å². The third-order valence-electron chi connectivity index (χ3n) is 3.50. The number of nitriles is 1. The van der Waals surface area contributed by atoms with Crippen molar-refractivity contribution < 1.29 is 0 Å². The number of aromatic nitrogens is 1. The van der Waals surface area contributed by atoms with E-state index in [1.54, 1.807) is 0 Å². The van der Waals surface area contributed by atoms with Crippen LogP contribution in [0.25, 0.3) is 22.0 Å². The molecule has 0 aliphatic heterocycles. The van der Waals surface area contributed by atoms with Crippen LogP contribution in [0, 0.1) is 11.3 Å². The van der Waals surface area contributed by atoms with Crippen LogP contribution in [-0.4, -0.2) is 12.0 Å². The summed E-state index contributed by atoms with van der Waals surface area (Å²) in [6.45, 7) is 0.758. The molecule has 3 rings (SSSR count). The van der Waals surface area contributed by atoms with Crippen molar-refractivity contribution in [2.75, 3.05) is 7.05 Å². The molecule has 0 atom stereocenters. The minimum Gasteiger partial charge on any atom is -0.316 e. The molecule has 0 bridgehead atoms. The van der Waals surface area contributed by atoms with Gasteiger partial charge in [0.2, 0.25) is 0 Å².